The zero-order chi connectivity index (χ0) is 20.1. The van der Waals surface area contributed by atoms with Crippen LogP contribution in [-0.2, 0) is 11.8 Å². The van der Waals surface area contributed by atoms with Crippen LogP contribution < -0.4 is 15.8 Å². The summed E-state index contributed by atoms with van der Waals surface area (Å²) in [6, 6.07) is 6.51. The number of hydrazine groups is 1. The highest BCUT2D eigenvalue weighted by Crippen LogP contribution is 2.41. The van der Waals surface area contributed by atoms with Gasteiger partial charge in [-0.15, -0.1) is 0 Å². The van der Waals surface area contributed by atoms with E-state index in [-0.39, 0.29) is 5.41 Å². The minimum Gasteiger partial charge on any atom is -0.306 e. The number of halogens is 2. The molecule has 6 nitrogen and oxygen atoms in total. The summed E-state index contributed by atoms with van der Waals surface area (Å²) >= 11 is 0. The predicted molar refractivity (Wildman–Crippen MR) is 105 cm³/mol. The van der Waals surface area contributed by atoms with Crippen molar-refractivity contribution in [2.24, 2.45) is 0 Å². The van der Waals surface area contributed by atoms with Gasteiger partial charge in [0.05, 0.1) is 29.5 Å². The molecule has 2 aromatic carbocycles. The van der Waals surface area contributed by atoms with Crippen molar-refractivity contribution in [3.05, 3.63) is 53.7 Å². The summed E-state index contributed by atoms with van der Waals surface area (Å²) in [4.78, 5) is 12.4. The SMILES string of the molecule is CC(C)(C)c1ccc2c(c1)CC(F)(F)N2NC(=O)Nc1cccc2[nH]ncc12. The van der Waals surface area contributed by atoms with E-state index in [0.717, 1.165) is 11.1 Å². The van der Waals surface area contributed by atoms with E-state index in [4.69, 9.17) is 0 Å². The first-order chi connectivity index (χ1) is 13.1. The highest BCUT2D eigenvalue weighted by Gasteiger charge is 2.46. The third kappa shape index (κ3) is 3.15. The normalized spacial score (nSPS) is 15.5. The van der Waals surface area contributed by atoms with Crippen LogP contribution in [0.2, 0.25) is 0 Å². The lowest BCUT2D eigenvalue weighted by Crippen LogP contribution is -2.52. The van der Waals surface area contributed by atoms with E-state index in [1.54, 1.807) is 30.5 Å². The molecule has 1 aliphatic rings. The minimum atomic E-state index is -3.21. The van der Waals surface area contributed by atoms with Gasteiger partial charge in [0.25, 0.3) is 0 Å². The summed E-state index contributed by atoms with van der Waals surface area (Å²) in [6.45, 7) is 6.09. The molecule has 0 atom stereocenters. The number of alkyl halides is 2. The average molecular weight is 385 g/mol. The molecule has 0 bridgehead atoms. The van der Waals surface area contributed by atoms with E-state index in [2.05, 4.69) is 20.9 Å². The summed E-state index contributed by atoms with van der Waals surface area (Å²) < 4.78 is 29.2. The summed E-state index contributed by atoms with van der Waals surface area (Å²) in [5, 5.41) is 10.7. The largest absolute Gasteiger partial charge is 0.346 e. The molecule has 0 aliphatic carbocycles. The number of aromatic nitrogens is 2. The fourth-order valence-electron chi connectivity index (χ4n) is 3.37. The van der Waals surface area contributed by atoms with Crippen molar-refractivity contribution in [3.63, 3.8) is 0 Å². The lowest BCUT2D eigenvalue weighted by atomic mass is 9.86. The van der Waals surface area contributed by atoms with Gasteiger partial charge < -0.3 is 5.32 Å². The molecule has 0 saturated carbocycles. The van der Waals surface area contributed by atoms with E-state index >= 15 is 0 Å². The van der Waals surface area contributed by atoms with Crippen LogP contribution >= 0.6 is 0 Å². The second kappa shape index (κ2) is 6.19. The molecule has 3 aromatic rings. The van der Waals surface area contributed by atoms with Gasteiger partial charge in [0.2, 0.25) is 0 Å². The lowest BCUT2D eigenvalue weighted by Gasteiger charge is -2.27. The molecular formula is C20H21F2N5O. The third-order valence-corrected chi connectivity index (χ3v) is 4.86. The molecule has 28 heavy (non-hydrogen) atoms. The van der Waals surface area contributed by atoms with Gasteiger partial charge >= 0.3 is 12.1 Å². The molecule has 146 valence electrons. The number of aromatic amines is 1. The minimum absolute atomic E-state index is 0.147. The molecule has 2 amide bonds. The van der Waals surface area contributed by atoms with E-state index in [9.17, 15) is 13.6 Å². The molecule has 1 aliphatic heterocycles. The number of hydrogen-bond donors (Lipinski definition) is 3. The average Bonchev–Trinajstić information content (AvgIpc) is 3.17. The zero-order valence-corrected chi connectivity index (χ0v) is 15.8. The van der Waals surface area contributed by atoms with Crippen LogP contribution in [0.15, 0.2) is 42.6 Å². The van der Waals surface area contributed by atoms with Crippen molar-refractivity contribution in [1.82, 2.24) is 15.6 Å². The molecule has 1 aromatic heterocycles. The van der Waals surface area contributed by atoms with Gasteiger partial charge in [-0.2, -0.15) is 13.9 Å². The van der Waals surface area contributed by atoms with Crippen LogP contribution in [0.1, 0.15) is 31.9 Å². The Morgan fingerprint density at radius 2 is 2.04 bits per heavy atom. The van der Waals surface area contributed by atoms with Crippen LogP contribution in [0.25, 0.3) is 10.9 Å². The number of benzene rings is 2. The standard InChI is InChI=1S/C20H21F2N5O/c1-19(2,3)13-7-8-17-12(9-13)10-20(21,22)27(17)26-18(28)24-15-5-4-6-16-14(15)11-23-25-16/h4-9,11H,10H2,1-3H3,(H,23,25)(H2,24,26,28). The Kier molecular flexibility index (Phi) is 4.02. The Bertz CT molecular complexity index is 1050. The molecule has 0 unspecified atom stereocenters. The number of urea groups is 1. The number of nitrogens with zero attached hydrogens (tertiary/aromatic N) is 2. The van der Waals surface area contributed by atoms with Gasteiger partial charge in [-0.3, -0.25) is 5.10 Å². The van der Waals surface area contributed by atoms with E-state index in [1.807, 2.05) is 32.9 Å². The molecule has 0 saturated heterocycles. The van der Waals surface area contributed by atoms with Crippen molar-refractivity contribution in [1.29, 1.82) is 0 Å². The Hall–Kier alpha value is -3.16. The van der Waals surface area contributed by atoms with Crippen molar-refractivity contribution < 1.29 is 13.6 Å². The summed E-state index contributed by atoms with van der Waals surface area (Å²) in [7, 11) is 0. The molecule has 4 rings (SSSR count). The first-order valence-electron chi connectivity index (χ1n) is 8.96. The monoisotopic (exact) mass is 385 g/mol. The molecule has 3 N–H and O–H groups in total. The number of carbonyl (C=O) groups excluding carboxylic acids is 1. The van der Waals surface area contributed by atoms with Gasteiger partial charge in [-0.25, -0.2) is 15.2 Å². The highest BCUT2D eigenvalue weighted by molar-refractivity contribution is 6.00. The first kappa shape index (κ1) is 18.2. The number of carbonyl (C=O) groups is 1. The van der Waals surface area contributed by atoms with Gasteiger partial charge in [-0.05, 0) is 34.7 Å². The van der Waals surface area contributed by atoms with Gasteiger partial charge in [-0.1, -0.05) is 39.0 Å². The van der Waals surface area contributed by atoms with Crippen LogP contribution in [0.3, 0.4) is 0 Å². The van der Waals surface area contributed by atoms with Crippen LogP contribution in [0.4, 0.5) is 25.0 Å². The molecular weight excluding hydrogens is 364 g/mol. The van der Waals surface area contributed by atoms with Crippen molar-refractivity contribution in [3.8, 4) is 0 Å². The van der Waals surface area contributed by atoms with Gasteiger partial charge in [0.1, 0.15) is 0 Å². The number of anilines is 2. The summed E-state index contributed by atoms with van der Waals surface area (Å²) in [5.41, 5.74) is 5.15. The van der Waals surface area contributed by atoms with E-state index in [0.29, 0.717) is 27.3 Å². The second-order valence-electron chi connectivity index (χ2n) is 7.97. The Morgan fingerprint density at radius 1 is 1.25 bits per heavy atom. The van der Waals surface area contributed by atoms with Gasteiger partial charge in [0, 0.05) is 5.39 Å². The Balaban J connectivity index is 1.58. The smallest absolute Gasteiger partial charge is 0.306 e. The van der Waals surface area contributed by atoms with Crippen LogP contribution in [-0.4, -0.2) is 22.3 Å². The summed E-state index contributed by atoms with van der Waals surface area (Å²) in [6.07, 6.45) is 1.11. The Morgan fingerprint density at radius 3 is 2.79 bits per heavy atom. The maximum atomic E-state index is 14.6. The zero-order valence-electron chi connectivity index (χ0n) is 15.8. The molecule has 2 heterocycles. The maximum absolute atomic E-state index is 14.6. The molecule has 8 heteroatoms. The third-order valence-electron chi connectivity index (χ3n) is 4.86. The fourth-order valence-corrected chi connectivity index (χ4v) is 3.37. The topological polar surface area (TPSA) is 73.1 Å². The number of H-pyrrole nitrogens is 1. The number of fused-ring (bicyclic) bond motifs is 2. The van der Waals surface area contributed by atoms with Crippen LogP contribution in [0, 0.1) is 0 Å². The molecule has 0 spiro atoms. The fraction of sp³-hybridized carbons (Fsp3) is 0.300. The number of amides is 2. The predicted octanol–water partition coefficient (Wildman–Crippen LogP) is 4.55. The number of nitrogens with one attached hydrogen (secondary N) is 3. The van der Waals surface area contributed by atoms with Crippen molar-refractivity contribution in [2.75, 3.05) is 10.3 Å². The number of hydrogen-bond acceptors (Lipinski definition) is 3. The first-order valence-corrected chi connectivity index (χ1v) is 8.96. The number of rotatable bonds is 2. The lowest BCUT2D eigenvalue weighted by molar-refractivity contribution is 0.000643. The second-order valence-corrected chi connectivity index (χ2v) is 7.97. The van der Waals surface area contributed by atoms with E-state index in [1.165, 1.54) is 0 Å². The maximum Gasteiger partial charge on any atom is 0.346 e. The van der Waals surface area contributed by atoms with Gasteiger partial charge in [0.15, 0.2) is 0 Å². The summed E-state index contributed by atoms with van der Waals surface area (Å²) in [5.74, 6) is 0. The van der Waals surface area contributed by atoms with E-state index < -0.39 is 18.5 Å². The van der Waals surface area contributed by atoms with Crippen molar-refractivity contribution in [2.45, 2.75) is 38.7 Å². The molecule has 0 fully saturated rings. The van der Waals surface area contributed by atoms with Crippen molar-refractivity contribution >= 4 is 28.3 Å². The Labute approximate surface area is 160 Å². The van der Waals surface area contributed by atoms with Crippen LogP contribution in [0.5, 0.6) is 0 Å². The quantitative estimate of drug-likeness (QED) is 0.567. The molecule has 0 radical (unpaired) electrons. The highest BCUT2D eigenvalue weighted by atomic mass is 19.3.